The first-order valence-corrected chi connectivity index (χ1v) is 6.16. The average molecular weight is 230 g/mol. The Morgan fingerprint density at radius 3 is 2.71 bits per heavy atom. The molecule has 0 unspecified atom stereocenters. The van der Waals surface area contributed by atoms with Crippen LogP contribution in [0.3, 0.4) is 0 Å². The number of anilines is 1. The Bertz CT molecular complexity index is 546. The highest BCUT2D eigenvalue weighted by Crippen LogP contribution is 2.24. The van der Waals surface area contributed by atoms with Gasteiger partial charge in [0, 0.05) is 11.5 Å². The minimum atomic E-state index is 0.0672. The van der Waals surface area contributed by atoms with Gasteiger partial charge in [0.05, 0.1) is 11.9 Å². The van der Waals surface area contributed by atoms with E-state index in [1.54, 1.807) is 0 Å². The van der Waals surface area contributed by atoms with E-state index in [9.17, 15) is 0 Å². The first kappa shape index (κ1) is 10.6. The molecular formula is C13H18N4. The SMILES string of the molecule is CC(C)(C)c1cn2nc(NC3CC3)ccc2n1. The minimum Gasteiger partial charge on any atom is -0.366 e. The van der Waals surface area contributed by atoms with Crippen molar-refractivity contribution in [3.8, 4) is 0 Å². The van der Waals surface area contributed by atoms with Gasteiger partial charge in [0.2, 0.25) is 0 Å². The molecule has 1 aliphatic carbocycles. The first-order valence-electron chi connectivity index (χ1n) is 6.16. The molecule has 1 N–H and O–H groups in total. The Morgan fingerprint density at radius 1 is 1.29 bits per heavy atom. The van der Waals surface area contributed by atoms with Crippen molar-refractivity contribution in [2.45, 2.75) is 45.1 Å². The van der Waals surface area contributed by atoms with Crippen molar-refractivity contribution in [3.05, 3.63) is 24.0 Å². The Balaban J connectivity index is 1.97. The molecule has 2 heterocycles. The van der Waals surface area contributed by atoms with Gasteiger partial charge in [-0.3, -0.25) is 0 Å². The van der Waals surface area contributed by atoms with Gasteiger partial charge in [0.15, 0.2) is 5.65 Å². The fourth-order valence-electron chi connectivity index (χ4n) is 1.76. The van der Waals surface area contributed by atoms with E-state index >= 15 is 0 Å². The lowest BCUT2D eigenvalue weighted by Gasteiger charge is -2.13. The zero-order valence-corrected chi connectivity index (χ0v) is 10.6. The van der Waals surface area contributed by atoms with Crippen molar-refractivity contribution in [1.29, 1.82) is 0 Å². The van der Waals surface area contributed by atoms with Crippen LogP contribution in [0.2, 0.25) is 0 Å². The molecule has 4 heteroatoms. The summed E-state index contributed by atoms with van der Waals surface area (Å²) in [4.78, 5) is 4.59. The van der Waals surface area contributed by atoms with Gasteiger partial charge >= 0.3 is 0 Å². The smallest absolute Gasteiger partial charge is 0.153 e. The molecule has 2 aromatic heterocycles. The van der Waals surface area contributed by atoms with E-state index in [1.165, 1.54) is 12.8 Å². The number of nitrogens with one attached hydrogen (secondary N) is 1. The van der Waals surface area contributed by atoms with Crippen molar-refractivity contribution in [2.75, 3.05) is 5.32 Å². The summed E-state index contributed by atoms with van der Waals surface area (Å²) in [6.07, 6.45) is 4.54. The van der Waals surface area contributed by atoms with E-state index in [-0.39, 0.29) is 5.41 Å². The van der Waals surface area contributed by atoms with Gasteiger partial charge in [0.25, 0.3) is 0 Å². The summed E-state index contributed by atoms with van der Waals surface area (Å²) < 4.78 is 1.87. The Hall–Kier alpha value is -1.58. The molecule has 0 radical (unpaired) electrons. The Morgan fingerprint density at radius 2 is 2.06 bits per heavy atom. The molecule has 17 heavy (non-hydrogen) atoms. The maximum atomic E-state index is 4.59. The summed E-state index contributed by atoms with van der Waals surface area (Å²) in [5.74, 6) is 0.942. The monoisotopic (exact) mass is 230 g/mol. The highest BCUT2D eigenvalue weighted by Gasteiger charge is 2.22. The first-order chi connectivity index (χ1) is 8.02. The van der Waals surface area contributed by atoms with Gasteiger partial charge in [-0.15, -0.1) is 5.10 Å². The van der Waals surface area contributed by atoms with Crippen molar-refractivity contribution < 1.29 is 0 Å². The number of nitrogens with zero attached hydrogens (tertiary/aromatic N) is 3. The summed E-state index contributed by atoms with van der Waals surface area (Å²) in [6.45, 7) is 6.49. The molecule has 3 rings (SSSR count). The second-order valence-electron chi connectivity index (χ2n) is 5.82. The normalized spacial score (nSPS) is 16.4. The largest absolute Gasteiger partial charge is 0.366 e. The molecule has 1 saturated carbocycles. The highest BCUT2D eigenvalue weighted by molar-refractivity contribution is 5.46. The van der Waals surface area contributed by atoms with E-state index in [0.717, 1.165) is 17.2 Å². The van der Waals surface area contributed by atoms with Gasteiger partial charge in [-0.25, -0.2) is 9.50 Å². The van der Waals surface area contributed by atoms with Crippen LogP contribution in [0.5, 0.6) is 0 Å². The number of hydrogen-bond donors (Lipinski definition) is 1. The quantitative estimate of drug-likeness (QED) is 0.862. The third kappa shape index (κ3) is 2.12. The van der Waals surface area contributed by atoms with E-state index in [4.69, 9.17) is 0 Å². The third-order valence-corrected chi connectivity index (χ3v) is 3.02. The maximum Gasteiger partial charge on any atom is 0.153 e. The predicted octanol–water partition coefficient (Wildman–Crippen LogP) is 2.60. The lowest BCUT2D eigenvalue weighted by Crippen LogP contribution is -2.11. The van der Waals surface area contributed by atoms with Gasteiger partial charge < -0.3 is 5.32 Å². The molecule has 0 saturated heterocycles. The molecule has 0 amide bonds. The molecule has 0 spiro atoms. The Labute approximate surface area is 101 Å². The van der Waals surface area contributed by atoms with E-state index in [0.29, 0.717) is 6.04 Å². The zero-order valence-electron chi connectivity index (χ0n) is 10.6. The molecular weight excluding hydrogens is 212 g/mol. The van der Waals surface area contributed by atoms with Crippen LogP contribution in [0.15, 0.2) is 18.3 Å². The number of hydrogen-bond acceptors (Lipinski definition) is 3. The van der Waals surface area contributed by atoms with Crippen LogP contribution in [0.1, 0.15) is 39.3 Å². The lowest BCUT2D eigenvalue weighted by molar-refractivity contribution is 0.572. The Kier molecular flexibility index (Phi) is 2.15. The number of rotatable bonds is 2. The van der Waals surface area contributed by atoms with Gasteiger partial charge in [-0.2, -0.15) is 0 Å². The van der Waals surface area contributed by atoms with Crippen LogP contribution in [0.25, 0.3) is 5.65 Å². The molecule has 0 bridgehead atoms. The fraction of sp³-hybridized carbons (Fsp3) is 0.538. The van der Waals surface area contributed by atoms with Crippen LogP contribution >= 0.6 is 0 Å². The molecule has 90 valence electrons. The van der Waals surface area contributed by atoms with Crippen molar-refractivity contribution >= 4 is 11.5 Å². The molecule has 1 fully saturated rings. The van der Waals surface area contributed by atoms with Gasteiger partial charge in [-0.05, 0) is 25.0 Å². The fourth-order valence-corrected chi connectivity index (χ4v) is 1.76. The molecule has 2 aromatic rings. The lowest BCUT2D eigenvalue weighted by atomic mass is 9.93. The van der Waals surface area contributed by atoms with Gasteiger partial charge in [-0.1, -0.05) is 20.8 Å². The predicted molar refractivity (Wildman–Crippen MR) is 68.3 cm³/mol. The molecule has 0 aliphatic heterocycles. The van der Waals surface area contributed by atoms with Crippen molar-refractivity contribution in [3.63, 3.8) is 0 Å². The van der Waals surface area contributed by atoms with Crippen LogP contribution in [-0.4, -0.2) is 20.6 Å². The summed E-state index contributed by atoms with van der Waals surface area (Å²) in [6, 6.07) is 4.66. The zero-order chi connectivity index (χ0) is 12.0. The molecule has 0 atom stereocenters. The number of aromatic nitrogens is 3. The van der Waals surface area contributed by atoms with Crippen LogP contribution in [0.4, 0.5) is 5.82 Å². The summed E-state index contributed by atoms with van der Waals surface area (Å²) >= 11 is 0. The third-order valence-electron chi connectivity index (χ3n) is 3.02. The molecule has 1 aliphatic rings. The number of fused-ring (bicyclic) bond motifs is 1. The van der Waals surface area contributed by atoms with E-state index in [2.05, 4.69) is 36.2 Å². The second kappa shape index (κ2) is 3.45. The average Bonchev–Trinajstić information content (AvgIpc) is 2.94. The van der Waals surface area contributed by atoms with Crippen LogP contribution < -0.4 is 5.32 Å². The standard InChI is InChI=1S/C13H18N4/c1-13(2,3)10-8-17-12(15-10)7-6-11(16-17)14-9-4-5-9/h6-9H,4-5H2,1-3H3,(H,14,16). The molecule has 4 nitrogen and oxygen atoms in total. The molecule has 0 aromatic carbocycles. The van der Waals surface area contributed by atoms with E-state index < -0.39 is 0 Å². The van der Waals surface area contributed by atoms with Crippen LogP contribution in [-0.2, 0) is 5.41 Å². The summed E-state index contributed by atoms with van der Waals surface area (Å²) in [5, 5.41) is 7.93. The van der Waals surface area contributed by atoms with E-state index in [1.807, 2.05) is 22.8 Å². The summed E-state index contributed by atoms with van der Waals surface area (Å²) in [5.41, 5.74) is 2.06. The van der Waals surface area contributed by atoms with Gasteiger partial charge in [0.1, 0.15) is 5.82 Å². The van der Waals surface area contributed by atoms with Crippen molar-refractivity contribution in [2.24, 2.45) is 0 Å². The second-order valence-corrected chi connectivity index (χ2v) is 5.82. The summed E-state index contributed by atoms with van der Waals surface area (Å²) in [7, 11) is 0. The highest BCUT2D eigenvalue weighted by atomic mass is 15.3. The number of imidazole rings is 1. The minimum absolute atomic E-state index is 0.0672. The van der Waals surface area contributed by atoms with Crippen molar-refractivity contribution in [1.82, 2.24) is 14.6 Å². The van der Waals surface area contributed by atoms with Crippen LogP contribution in [0, 0.1) is 0 Å². The topological polar surface area (TPSA) is 42.2 Å². The maximum absolute atomic E-state index is 4.59.